The van der Waals surface area contributed by atoms with Crippen molar-refractivity contribution in [1.29, 1.82) is 0 Å². The molecule has 332 valence electrons. The number of piperazine rings is 2. The van der Waals surface area contributed by atoms with Gasteiger partial charge in [-0.2, -0.15) is 0 Å². The van der Waals surface area contributed by atoms with Crippen molar-refractivity contribution >= 4 is 28.8 Å². The Balaban J connectivity index is 0.000000165. The Morgan fingerprint density at radius 3 is 1.46 bits per heavy atom. The number of hydrogen-bond donors (Lipinski definition) is 1. The first kappa shape index (κ1) is 43.1. The van der Waals surface area contributed by atoms with Crippen molar-refractivity contribution in [2.45, 2.75) is 60.3 Å². The quantitative estimate of drug-likeness (QED) is 0.165. The highest BCUT2D eigenvalue weighted by Crippen LogP contribution is 2.26. The monoisotopic (exact) mass is 868 g/mol. The van der Waals surface area contributed by atoms with Crippen LogP contribution in [0.15, 0.2) is 98.4 Å². The van der Waals surface area contributed by atoms with Crippen molar-refractivity contribution in [3.05, 3.63) is 143 Å². The molecule has 2 aliphatic rings. The van der Waals surface area contributed by atoms with Crippen molar-refractivity contribution in [2.24, 2.45) is 0 Å². The molecule has 2 aliphatic heterocycles. The first-order chi connectivity index (χ1) is 31.7. The molecule has 2 saturated heterocycles. The molecular formula is C50H56N14O. The van der Waals surface area contributed by atoms with E-state index in [1.165, 1.54) is 16.7 Å². The normalized spacial score (nSPS) is 14.2. The lowest BCUT2D eigenvalue weighted by atomic mass is 10.0. The Morgan fingerprint density at radius 2 is 1.02 bits per heavy atom. The third kappa shape index (κ3) is 9.70. The summed E-state index contributed by atoms with van der Waals surface area (Å²) in [5.41, 5.74) is 14.8. The molecule has 0 aromatic carbocycles. The molecule has 0 radical (unpaired) electrons. The Kier molecular flexibility index (Phi) is 12.8. The molecule has 8 aromatic rings. The van der Waals surface area contributed by atoms with Crippen LogP contribution in [-0.2, 0) is 30.5 Å². The zero-order valence-corrected chi connectivity index (χ0v) is 37.9. The predicted molar refractivity (Wildman–Crippen MR) is 254 cm³/mol. The number of carbonyl (C=O) groups is 1. The predicted octanol–water partition coefficient (Wildman–Crippen LogP) is 6.25. The lowest BCUT2D eigenvalue weighted by Crippen LogP contribution is -2.48. The van der Waals surface area contributed by atoms with Gasteiger partial charge >= 0.3 is 0 Å². The molecule has 10 rings (SSSR count). The number of pyridine rings is 4. The second kappa shape index (κ2) is 19.3. The lowest BCUT2D eigenvalue weighted by molar-refractivity contribution is -0.129. The molecule has 1 amide bonds. The number of imidazole rings is 2. The fourth-order valence-electron chi connectivity index (χ4n) is 8.94. The van der Waals surface area contributed by atoms with Gasteiger partial charge in [-0.05, 0) is 99.9 Å². The summed E-state index contributed by atoms with van der Waals surface area (Å²) >= 11 is 0. The van der Waals surface area contributed by atoms with E-state index in [-0.39, 0.29) is 5.91 Å². The summed E-state index contributed by atoms with van der Waals surface area (Å²) in [6.45, 7) is 17.0. The fourth-order valence-corrected chi connectivity index (χ4v) is 8.94. The summed E-state index contributed by atoms with van der Waals surface area (Å²) in [6, 6.07) is 12.6. The average Bonchev–Trinajstić information content (AvgIpc) is 3.97. The van der Waals surface area contributed by atoms with E-state index in [1.54, 1.807) is 6.92 Å². The van der Waals surface area contributed by atoms with Gasteiger partial charge in [0.2, 0.25) is 5.91 Å². The molecule has 2 fully saturated rings. The highest BCUT2D eigenvalue weighted by atomic mass is 16.2. The van der Waals surface area contributed by atoms with Gasteiger partial charge in [0.15, 0.2) is 11.3 Å². The third-order valence-electron chi connectivity index (χ3n) is 12.4. The van der Waals surface area contributed by atoms with Gasteiger partial charge in [0.25, 0.3) is 0 Å². The minimum absolute atomic E-state index is 0.137. The highest BCUT2D eigenvalue weighted by Gasteiger charge is 2.22. The van der Waals surface area contributed by atoms with E-state index in [1.807, 2.05) is 92.8 Å². The SMILES string of the molecule is CC(=O)N1CCN(c2cnc3c(CCc4cnc(-c5ccnc(C)c5)c(C)c4)nccn23)CC1.Cc1cc(-c2ncc(CCc3nccn4c(N5CCNCC5)cnc34)cc2C)ccn1. The number of amides is 1. The Labute approximate surface area is 379 Å². The molecule has 8 aromatic heterocycles. The van der Waals surface area contributed by atoms with Crippen LogP contribution in [0.4, 0.5) is 11.6 Å². The summed E-state index contributed by atoms with van der Waals surface area (Å²) in [5, 5.41) is 3.40. The van der Waals surface area contributed by atoms with E-state index >= 15 is 0 Å². The average molecular weight is 869 g/mol. The maximum absolute atomic E-state index is 11.6. The van der Waals surface area contributed by atoms with Crippen molar-refractivity contribution in [1.82, 2.24) is 58.9 Å². The smallest absolute Gasteiger partial charge is 0.219 e. The number of nitrogens with one attached hydrogen (secondary N) is 1. The van der Waals surface area contributed by atoms with Crippen molar-refractivity contribution in [3.8, 4) is 22.5 Å². The summed E-state index contributed by atoms with van der Waals surface area (Å²) in [4.78, 5) is 54.9. The number of fused-ring (bicyclic) bond motifs is 2. The van der Waals surface area contributed by atoms with Crippen LogP contribution in [0.5, 0.6) is 0 Å². The number of rotatable bonds is 10. The fraction of sp³-hybridized carbons (Fsp3) is 0.340. The summed E-state index contributed by atoms with van der Waals surface area (Å²) in [6.07, 6.45) is 22.6. The molecule has 0 aliphatic carbocycles. The van der Waals surface area contributed by atoms with Gasteiger partial charge in [-0.25, -0.2) is 9.97 Å². The van der Waals surface area contributed by atoms with E-state index < -0.39 is 0 Å². The number of aryl methyl sites for hydroxylation is 8. The van der Waals surface area contributed by atoms with Crippen LogP contribution >= 0.6 is 0 Å². The van der Waals surface area contributed by atoms with Gasteiger partial charge in [0, 0.05) is 131 Å². The maximum Gasteiger partial charge on any atom is 0.219 e. The third-order valence-corrected chi connectivity index (χ3v) is 12.4. The minimum Gasteiger partial charge on any atom is -0.354 e. The summed E-state index contributed by atoms with van der Waals surface area (Å²) < 4.78 is 4.29. The van der Waals surface area contributed by atoms with Crippen LogP contribution in [-0.4, -0.2) is 112 Å². The maximum atomic E-state index is 11.6. The largest absolute Gasteiger partial charge is 0.354 e. The van der Waals surface area contributed by atoms with Gasteiger partial charge < -0.3 is 20.0 Å². The van der Waals surface area contributed by atoms with Crippen molar-refractivity contribution in [3.63, 3.8) is 0 Å². The minimum atomic E-state index is 0.137. The molecule has 0 atom stereocenters. The van der Waals surface area contributed by atoms with Crippen LogP contribution in [0, 0.1) is 27.7 Å². The molecule has 15 heteroatoms. The van der Waals surface area contributed by atoms with Crippen LogP contribution in [0.2, 0.25) is 0 Å². The van der Waals surface area contributed by atoms with E-state index in [4.69, 9.17) is 19.9 Å². The first-order valence-electron chi connectivity index (χ1n) is 22.5. The van der Waals surface area contributed by atoms with Gasteiger partial charge in [0.1, 0.15) is 11.6 Å². The molecular weight excluding hydrogens is 813 g/mol. The first-order valence-corrected chi connectivity index (χ1v) is 22.5. The van der Waals surface area contributed by atoms with Crippen molar-refractivity contribution in [2.75, 3.05) is 62.2 Å². The van der Waals surface area contributed by atoms with Crippen molar-refractivity contribution < 1.29 is 4.79 Å². The van der Waals surface area contributed by atoms with Crippen LogP contribution in [0.25, 0.3) is 33.8 Å². The number of anilines is 2. The molecule has 65 heavy (non-hydrogen) atoms. The van der Waals surface area contributed by atoms with E-state index in [0.29, 0.717) is 0 Å². The summed E-state index contributed by atoms with van der Waals surface area (Å²) in [5.74, 6) is 2.34. The molecule has 1 N–H and O–H groups in total. The van der Waals surface area contributed by atoms with Gasteiger partial charge in [-0.15, -0.1) is 0 Å². The second-order valence-electron chi connectivity index (χ2n) is 17.0. The highest BCUT2D eigenvalue weighted by molar-refractivity contribution is 5.73. The van der Waals surface area contributed by atoms with Gasteiger partial charge in [-0.1, -0.05) is 12.1 Å². The molecule has 15 nitrogen and oxygen atoms in total. The lowest BCUT2D eigenvalue weighted by Gasteiger charge is -2.35. The van der Waals surface area contributed by atoms with E-state index in [9.17, 15) is 4.79 Å². The molecule has 10 heterocycles. The molecule has 0 spiro atoms. The van der Waals surface area contributed by atoms with Crippen LogP contribution < -0.4 is 15.1 Å². The summed E-state index contributed by atoms with van der Waals surface area (Å²) in [7, 11) is 0. The Bertz CT molecular complexity index is 2940. The number of carbonyl (C=O) groups excluding carboxylic acids is 1. The Morgan fingerprint density at radius 1 is 0.538 bits per heavy atom. The molecule has 0 bridgehead atoms. The zero-order chi connectivity index (χ0) is 44.9. The number of aromatic nitrogens is 10. The zero-order valence-electron chi connectivity index (χ0n) is 37.9. The number of nitrogens with zero attached hydrogens (tertiary/aromatic N) is 13. The standard InChI is InChI=1S/C26H29N7O.C24H27N7/c1-18-14-21(16-29-25(18)22-6-7-27-19(2)15-22)4-5-23-26-30-17-24(33(26)9-8-28-23)32-12-10-31(11-13-32)20(3)34;1-17-13-19(15-28-23(17)20-5-6-26-18(2)14-20)3-4-21-24-29-16-22(31(24)12-9-27-21)30-10-7-25-8-11-30/h6-9,14-17H,4-5,10-13H2,1-3H3;5-6,9,12-16,25H,3-4,7-8,10-11H2,1-2H3. The number of hydrogen-bond acceptors (Lipinski definition) is 12. The van der Waals surface area contributed by atoms with Gasteiger partial charge in [-0.3, -0.25) is 43.5 Å². The molecule has 0 saturated carbocycles. The Hall–Kier alpha value is -7.13. The topological polar surface area (TPSA) is 151 Å². The second-order valence-corrected chi connectivity index (χ2v) is 17.0. The van der Waals surface area contributed by atoms with Crippen LogP contribution in [0.3, 0.4) is 0 Å². The molecule has 0 unspecified atom stereocenters. The van der Waals surface area contributed by atoms with Gasteiger partial charge in [0.05, 0.1) is 35.2 Å². The van der Waals surface area contributed by atoms with E-state index in [0.717, 1.165) is 152 Å². The van der Waals surface area contributed by atoms with E-state index in [2.05, 4.69) is 82.0 Å². The van der Waals surface area contributed by atoms with Crippen LogP contribution in [0.1, 0.15) is 52.0 Å².